The minimum Gasteiger partial charge on any atom is -0.457 e. The van der Waals surface area contributed by atoms with Crippen molar-refractivity contribution in [2.75, 3.05) is 20.6 Å². The third-order valence-electron chi connectivity index (χ3n) is 3.16. The second-order valence-corrected chi connectivity index (χ2v) is 5.46. The molecule has 2 aromatic rings. The quantitative estimate of drug-likeness (QED) is 0.786. The fourth-order valence-corrected chi connectivity index (χ4v) is 2.00. The van der Waals surface area contributed by atoms with Gasteiger partial charge in [0.1, 0.15) is 11.7 Å². The first-order chi connectivity index (χ1) is 9.45. The highest BCUT2D eigenvalue weighted by Crippen LogP contribution is 2.21. The molecule has 0 amide bonds. The molecule has 0 fully saturated rings. The standard InChI is InChI=1S/C16H21NO3/c1-11-5-6-14-13(9-11)10-15(20-14)16(18)19-12(2)7-8-17(3)4/h5-6,9-10,12H,7-8H2,1-4H3/t12-/m1/s1. The highest BCUT2D eigenvalue weighted by atomic mass is 16.6. The normalized spacial score (nSPS) is 12.8. The molecule has 0 aliphatic carbocycles. The van der Waals surface area contributed by atoms with E-state index in [0.717, 1.165) is 23.9 Å². The summed E-state index contributed by atoms with van der Waals surface area (Å²) in [6.45, 7) is 4.79. The SMILES string of the molecule is Cc1ccc2oc(C(=O)O[C@H](C)CCN(C)C)cc2c1. The Labute approximate surface area is 119 Å². The first-order valence-electron chi connectivity index (χ1n) is 6.81. The molecule has 1 aromatic carbocycles. The third-order valence-corrected chi connectivity index (χ3v) is 3.16. The maximum atomic E-state index is 12.0. The van der Waals surface area contributed by atoms with E-state index in [1.54, 1.807) is 6.07 Å². The molecule has 0 saturated carbocycles. The van der Waals surface area contributed by atoms with Crippen LogP contribution in [-0.2, 0) is 4.74 Å². The largest absolute Gasteiger partial charge is 0.457 e. The third kappa shape index (κ3) is 3.61. The van der Waals surface area contributed by atoms with Gasteiger partial charge in [-0.05, 0) is 52.6 Å². The number of furan rings is 1. The molecule has 1 heterocycles. The zero-order chi connectivity index (χ0) is 14.7. The molecule has 2 rings (SSSR count). The van der Waals surface area contributed by atoms with Gasteiger partial charge in [0, 0.05) is 11.9 Å². The zero-order valence-electron chi connectivity index (χ0n) is 12.5. The average Bonchev–Trinajstić information content (AvgIpc) is 2.79. The fraction of sp³-hybridized carbons (Fsp3) is 0.438. The summed E-state index contributed by atoms with van der Waals surface area (Å²) in [5, 5.41) is 0.929. The Bertz CT molecular complexity index is 601. The maximum Gasteiger partial charge on any atom is 0.374 e. The summed E-state index contributed by atoms with van der Waals surface area (Å²) in [5.74, 6) is -0.132. The number of ether oxygens (including phenoxy) is 1. The summed E-state index contributed by atoms with van der Waals surface area (Å²) in [5.41, 5.74) is 1.85. The van der Waals surface area contributed by atoms with Gasteiger partial charge < -0.3 is 14.1 Å². The molecular weight excluding hydrogens is 254 g/mol. The Kier molecular flexibility index (Phi) is 4.45. The number of fused-ring (bicyclic) bond motifs is 1. The lowest BCUT2D eigenvalue weighted by atomic mass is 10.2. The predicted octanol–water partition coefficient (Wildman–Crippen LogP) is 3.24. The minimum atomic E-state index is -0.398. The van der Waals surface area contributed by atoms with Crippen LogP contribution in [0.2, 0.25) is 0 Å². The van der Waals surface area contributed by atoms with Gasteiger partial charge in [0.25, 0.3) is 0 Å². The molecule has 0 unspecified atom stereocenters. The van der Waals surface area contributed by atoms with Crippen LogP contribution >= 0.6 is 0 Å². The van der Waals surface area contributed by atoms with Crippen LogP contribution in [0.3, 0.4) is 0 Å². The summed E-state index contributed by atoms with van der Waals surface area (Å²) in [6.07, 6.45) is 0.679. The van der Waals surface area contributed by atoms with Crippen LogP contribution in [0.15, 0.2) is 28.7 Å². The van der Waals surface area contributed by atoms with Gasteiger partial charge >= 0.3 is 5.97 Å². The van der Waals surface area contributed by atoms with Crippen molar-refractivity contribution in [1.29, 1.82) is 0 Å². The maximum absolute atomic E-state index is 12.0. The van der Waals surface area contributed by atoms with Crippen molar-refractivity contribution in [2.24, 2.45) is 0 Å². The second-order valence-electron chi connectivity index (χ2n) is 5.46. The van der Waals surface area contributed by atoms with Crippen molar-refractivity contribution in [2.45, 2.75) is 26.4 Å². The highest BCUT2D eigenvalue weighted by Gasteiger charge is 2.16. The smallest absolute Gasteiger partial charge is 0.374 e. The molecule has 0 bridgehead atoms. The monoisotopic (exact) mass is 275 g/mol. The highest BCUT2D eigenvalue weighted by molar-refractivity contribution is 5.92. The number of esters is 1. The number of benzene rings is 1. The lowest BCUT2D eigenvalue weighted by molar-refractivity contribution is 0.0278. The minimum absolute atomic E-state index is 0.125. The van der Waals surface area contributed by atoms with Crippen molar-refractivity contribution in [3.63, 3.8) is 0 Å². The summed E-state index contributed by atoms with van der Waals surface area (Å²) in [7, 11) is 3.99. The van der Waals surface area contributed by atoms with Gasteiger partial charge in [-0.15, -0.1) is 0 Å². The summed E-state index contributed by atoms with van der Waals surface area (Å²) < 4.78 is 10.9. The van der Waals surface area contributed by atoms with Crippen LogP contribution in [0, 0.1) is 6.92 Å². The van der Waals surface area contributed by atoms with Gasteiger partial charge in [-0.3, -0.25) is 0 Å². The Morgan fingerprint density at radius 1 is 1.35 bits per heavy atom. The molecule has 1 atom stereocenters. The lowest BCUT2D eigenvalue weighted by Crippen LogP contribution is -2.21. The first kappa shape index (κ1) is 14.6. The molecule has 108 valence electrons. The van der Waals surface area contributed by atoms with Gasteiger partial charge in [0.05, 0.1) is 0 Å². The number of hydrogen-bond acceptors (Lipinski definition) is 4. The van der Waals surface area contributed by atoms with Crippen LogP contribution in [0.5, 0.6) is 0 Å². The topological polar surface area (TPSA) is 42.7 Å². The Hall–Kier alpha value is -1.81. The number of rotatable bonds is 5. The molecule has 0 saturated heterocycles. The molecule has 1 aromatic heterocycles. The van der Waals surface area contributed by atoms with E-state index in [2.05, 4.69) is 4.90 Å². The lowest BCUT2D eigenvalue weighted by Gasteiger charge is -2.15. The number of carbonyl (C=O) groups is 1. The molecular formula is C16H21NO3. The average molecular weight is 275 g/mol. The van der Waals surface area contributed by atoms with Gasteiger partial charge in [-0.1, -0.05) is 11.6 Å². The molecule has 0 N–H and O–H groups in total. The van der Waals surface area contributed by atoms with Crippen LogP contribution in [-0.4, -0.2) is 37.6 Å². The van der Waals surface area contributed by atoms with E-state index >= 15 is 0 Å². The molecule has 20 heavy (non-hydrogen) atoms. The number of carbonyl (C=O) groups excluding carboxylic acids is 1. The van der Waals surface area contributed by atoms with E-state index in [0.29, 0.717) is 5.58 Å². The van der Waals surface area contributed by atoms with Crippen molar-refractivity contribution in [3.05, 3.63) is 35.6 Å². The fourth-order valence-electron chi connectivity index (χ4n) is 2.00. The van der Waals surface area contributed by atoms with Crippen molar-refractivity contribution in [1.82, 2.24) is 4.90 Å². The number of nitrogens with zero attached hydrogens (tertiary/aromatic N) is 1. The van der Waals surface area contributed by atoms with E-state index in [1.807, 2.05) is 46.1 Å². The number of hydrogen-bond donors (Lipinski definition) is 0. The Balaban J connectivity index is 2.03. The summed E-state index contributed by atoms with van der Waals surface area (Å²) in [6, 6.07) is 7.56. The number of aryl methyl sites for hydroxylation is 1. The van der Waals surface area contributed by atoms with Crippen LogP contribution in [0.1, 0.15) is 29.5 Å². The predicted molar refractivity (Wildman–Crippen MR) is 79.0 cm³/mol. The van der Waals surface area contributed by atoms with Crippen molar-refractivity contribution >= 4 is 16.9 Å². The van der Waals surface area contributed by atoms with E-state index in [1.165, 1.54) is 0 Å². The van der Waals surface area contributed by atoms with E-state index in [9.17, 15) is 4.79 Å². The first-order valence-corrected chi connectivity index (χ1v) is 6.81. The van der Waals surface area contributed by atoms with Crippen molar-refractivity contribution < 1.29 is 13.9 Å². The second kappa shape index (κ2) is 6.09. The van der Waals surface area contributed by atoms with Gasteiger partial charge in [-0.25, -0.2) is 4.79 Å². The molecule has 0 spiro atoms. The summed E-state index contributed by atoms with van der Waals surface area (Å²) in [4.78, 5) is 14.1. The van der Waals surface area contributed by atoms with Crippen molar-refractivity contribution in [3.8, 4) is 0 Å². The molecule has 0 aliphatic rings. The Morgan fingerprint density at radius 2 is 2.10 bits per heavy atom. The molecule has 0 radical (unpaired) electrons. The molecule has 0 aliphatic heterocycles. The Morgan fingerprint density at radius 3 is 2.80 bits per heavy atom. The van der Waals surface area contributed by atoms with Gasteiger partial charge in [0.2, 0.25) is 5.76 Å². The van der Waals surface area contributed by atoms with E-state index in [4.69, 9.17) is 9.15 Å². The van der Waals surface area contributed by atoms with Gasteiger partial charge in [-0.2, -0.15) is 0 Å². The van der Waals surface area contributed by atoms with E-state index in [-0.39, 0.29) is 11.9 Å². The van der Waals surface area contributed by atoms with Crippen LogP contribution in [0.4, 0.5) is 0 Å². The molecule has 4 nitrogen and oxygen atoms in total. The van der Waals surface area contributed by atoms with Crippen LogP contribution < -0.4 is 0 Å². The van der Waals surface area contributed by atoms with Gasteiger partial charge in [0.15, 0.2) is 0 Å². The summed E-state index contributed by atoms with van der Waals surface area (Å²) >= 11 is 0. The molecule has 4 heteroatoms. The van der Waals surface area contributed by atoms with Crippen LogP contribution in [0.25, 0.3) is 11.0 Å². The van der Waals surface area contributed by atoms with E-state index < -0.39 is 5.97 Å². The zero-order valence-corrected chi connectivity index (χ0v) is 12.5.